The van der Waals surface area contributed by atoms with E-state index < -0.39 is 0 Å². The Labute approximate surface area is 121 Å². The van der Waals surface area contributed by atoms with E-state index in [4.69, 9.17) is 5.84 Å². The number of likely N-dealkylation sites (N-methyl/N-ethyl adjacent to an activating group) is 2. The Morgan fingerprint density at radius 2 is 2.25 bits per heavy atom. The molecule has 1 fully saturated rings. The molecule has 3 N–H and O–H groups in total. The smallest absolute Gasteiger partial charge is 0.110 e. The Bertz CT molecular complexity index is 404. The second-order valence-corrected chi connectivity index (χ2v) is 5.83. The Balaban J connectivity index is 1.94. The number of piperazine rings is 1. The van der Waals surface area contributed by atoms with Crippen LogP contribution in [0.5, 0.6) is 0 Å². The van der Waals surface area contributed by atoms with Gasteiger partial charge in [0.15, 0.2) is 0 Å². The average molecular weight is 280 g/mol. The summed E-state index contributed by atoms with van der Waals surface area (Å²) in [5, 5.41) is 0. The summed E-state index contributed by atoms with van der Waals surface area (Å²) in [7, 11) is 4.40. The van der Waals surface area contributed by atoms with E-state index in [1.54, 1.807) is 0 Å². The van der Waals surface area contributed by atoms with Crippen molar-refractivity contribution >= 4 is 0 Å². The molecule has 6 heteroatoms. The van der Waals surface area contributed by atoms with E-state index >= 15 is 0 Å². The third-order valence-corrected chi connectivity index (χ3v) is 4.34. The van der Waals surface area contributed by atoms with Crippen molar-refractivity contribution in [2.24, 2.45) is 5.84 Å². The number of aryl methyl sites for hydroxylation is 1. The average Bonchev–Trinajstić information content (AvgIpc) is 2.89. The molecule has 1 saturated heterocycles. The maximum atomic E-state index is 5.76. The number of hydrogen-bond donors (Lipinski definition) is 2. The molecule has 2 atom stereocenters. The molecule has 20 heavy (non-hydrogen) atoms. The number of hydrogen-bond acceptors (Lipinski definition) is 5. The molecule has 0 amide bonds. The second-order valence-electron chi connectivity index (χ2n) is 5.83. The van der Waals surface area contributed by atoms with Crippen LogP contribution >= 0.6 is 0 Å². The Kier molecular flexibility index (Phi) is 5.54. The molecule has 2 heterocycles. The van der Waals surface area contributed by atoms with Crippen molar-refractivity contribution in [3.05, 3.63) is 18.2 Å². The van der Waals surface area contributed by atoms with E-state index in [0.29, 0.717) is 6.04 Å². The van der Waals surface area contributed by atoms with Crippen molar-refractivity contribution in [3.8, 4) is 0 Å². The number of nitrogens with one attached hydrogen (secondary N) is 1. The molecule has 0 spiro atoms. The van der Waals surface area contributed by atoms with Gasteiger partial charge in [-0.1, -0.05) is 0 Å². The molecule has 1 aromatic heterocycles. The van der Waals surface area contributed by atoms with Crippen LogP contribution in [0.25, 0.3) is 0 Å². The first kappa shape index (κ1) is 15.4. The third kappa shape index (κ3) is 3.79. The van der Waals surface area contributed by atoms with E-state index in [-0.39, 0.29) is 6.04 Å². The lowest BCUT2D eigenvalue weighted by Gasteiger charge is -2.39. The normalized spacial score (nSPS) is 23.1. The molecule has 6 nitrogen and oxygen atoms in total. The zero-order valence-corrected chi connectivity index (χ0v) is 12.9. The first-order valence-electron chi connectivity index (χ1n) is 7.49. The van der Waals surface area contributed by atoms with Crippen molar-refractivity contribution in [1.82, 2.24) is 24.8 Å². The van der Waals surface area contributed by atoms with Crippen LogP contribution in [0.2, 0.25) is 0 Å². The minimum atomic E-state index is 0.265. The van der Waals surface area contributed by atoms with Crippen molar-refractivity contribution in [2.45, 2.75) is 38.4 Å². The fourth-order valence-corrected chi connectivity index (χ4v) is 2.93. The standard InChI is InChI=1S/C14H28N6/c1-4-20-6-5-16-14(20)10-12(17-15)9-13-11-18(2)7-8-19(13)3/h5-6,12-13,17H,4,7-11,15H2,1-3H3. The van der Waals surface area contributed by atoms with Crippen LogP contribution in [-0.4, -0.2) is 65.2 Å². The number of nitrogens with zero attached hydrogens (tertiary/aromatic N) is 4. The molecule has 1 aliphatic heterocycles. The van der Waals surface area contributed by atoms with E-state index in [0.717, 1.165) is 44.8 Å². The molecule has 0 radical (unpaired) electrons. The maximum Gasteiger partial charge on any atom is 0.110 e. The zero-order chi connectivity index (χ0) is 14.5. The van der Waals surface area contributed by atoms with Gasteiger partial charge in [0.25, 0.3) is 0 Å². The summed E-state index contributed by atoms with van der Waals surface area (Å²) in [6, 6.07) is 0.821. The second kappa shape index (κ2) is 7.17. The highest BCUT2D eigenvalue weighted by atomic mass is 15.3. The predicted octanol–water partition coefficient (Wildman–Crippen LogP) is -0.0867. The van der Waals surface area contributed by atoms with Crippen LogP contribution < -0.4 is 11.3 Å². The highest BCUT2D eigenvalue weighted by Crippen LogP contribution is 2.14. The molecule has 0 aromatic carbocycles. The number of imidazole rings is 1. The van der Waals surface area contributed by atoms with Crippen molar-refractivity contribution < 1.29 is 0 Å². The first-order valence-corrected chi connectivity index (χ1v) is 7.49. The molecule has 0 bridgehead atoms. The van der Waals surface area contributed by atoms with Crippen LogP contribution in [0, 0.1) is 0 Å². The van der Waals surface area contributed by atoms with Gasteiger partial charge in [0.1, 0.15) is 5.82 Å². The van der Waals surface area contributed by atoms with Gasteiger partial charge in [-0.15, -0.1) is 0 Å². The summed E-state index contributed by atoms with van der Waals surface area (Å²) < 4.78 is 2.18. The lowest BCUT2D eigenvalue weighted by atomic mass is 10.0. The lowest BCUT2D eigenvalue weighted by molar-refractivity contribution is 0.101. The van der Waals surface area contributed by atoms with Gasteiger partial charge < -0.3 is 14.4 Å². The number of hydrazine groups is 1. The zero-order valence-electron chi connectivity index (χ0n) is 12.9. The number of aromatic nitrogens is 2. The largest absolute Gasteiger partial charge is 0.335 e. The predicted molar refractivity (Wildman–Crippen MR) is 81.2 cm³/mol. The summed E-state index contributed by atoms with van der Waals surface area (Å²) in [5.41, 5.74) is 2.98. The first-order chi connectivity index (χ1) is 9.63. The highest BCUT2D eigenvalue weighted by Gasteiger charge is 2.25. The van der Waals surface area contributed by atoms with Crippen molar-refractivity contribution in [1.29, 1.82) is 0 Å². The van der Waals surface area contributed by atoms with Crippen LogP contribution in [0.15, 0.2) is 12.4 Å². The summed E-state index contributed by atoms with van der Waals surface area (Å²) in [4.78, 5) is 9.28. The topological polar surface area (TPSA) is 62.4 Å². The molecule has 2 unspecified atom stereocenters. The number of nitrogens with two attached hydrogens (primary N) is 1. The third-order valence-electron chi connectivity index (χ3n) is 4.34. The quantitative estimate of drug-likeness (QED) is 0.563. The van der Waals surface area contributed by atoms with Gasteiger partial charge in [-0.25, -0.2) is 4.98 Å². The molecule has 1 aliphatic rings. The van der Waals surface area contributed by atoms with E-state index in [2.05, 4.69) is 45.8 Å². The summed E-state index contributed by atoms with van der Waals surface area (Å²) in [6.45, 7) is 6.48. The van der Waals surface area contributed by atoms with Crippen LogP contribution in [-0.2, 0) is 13.0 Å². The highest BCUT2D eigenvalue weighted by molar-refractivity contribution is 4.96. The van der Waals surface area contributed by atoms with Gasteiger partial charge in [0.2, 0.25) is 0 Å². The van der Waals surface area contributed by atoms with Crippen molar-refractivity contribution in [2.75, 3.05) is 33.7 Å². The lowest BCUT2D eigenvalue weighted by Crippen LogP contribution is -2.53. The fraction of sp³-hybridized carbons (Fsp3) is 0.786. The van der Waals surface area contributed by atoms with Gasteiger partial charge in [-0.05, 0) is 27.4 Å². The van der Waals surface area contributed by atoms with E-state index in [1.807, 2.05) is 12.4 Å². The Hall–Kier alpha value is -0.950. The molecular formula is C14H28N6. The van der Waals surface area contributed by atoms with Gasteiger partial charge in [-0.3, -0.25) is 11.3 Å². The van der Waals surface area contributed by atoms with E-state index in [1.165, 1.54) is 0 Å². The van der Waals surface area contributed by atoms with Gasteiger partial charge >= 0.3 is 0 Å². The van der Waals surface area contributed by atoms with Crippen molar-refractivity contribution in [3.63, 3.8) is 0 Å². The monoisotopic (exact) mass is 280 g/mol. The SMILES string of the molecule is CCn1ccnc1CC(CC1CN(C)CCN1C)NN. The van der Waals surface area contributed by atoms with E-state index in [9.17, 15) is 0 Å². The van der Waals surface area contributed by atoms with Crippen LogP contribution in [0.1, 0.15) is 19.2 Å². The molecule has 0 aliphatic carbocycles. The fourth-order valence-electron chi connectivity index (χ4n) is 2.93. The van der Waals surface area contributed by atoms with Gasteiger partial charge in [0.05, 0.1) is 0 Å². The Morgan fingerprint density at radius 1 is 1.45 bits per heavy atom. The van der Waals surface area contributed by atoms with Crippen LogP contribution in [0.3, 0.4) is 0 Å². The summed E-state index contributed by atoms with van der Waals surface area (Å²) >= 11 is 0. The number of rotatable bonds is 6. The maximum absolute atomic E-state index is 5.76. The van der Waals surface area contributed by atoms with Gasteiger partial charge in [0, 0.05) is 57.1 Å². The summed E-state index contributed by atoms with van der Waals surface area (Å²) in [6.07, 6.45) is 5.83. The molecule has 0 saturated carbocycles. The van der Waals surface area contributed by atoms with Gasteiger partial charge in [-0.2, -0.15) is 0 Å². The summed E-state index contributed by atoms with van der Waals surface area (Å²) in [5.74, 6) is 6.87. The van der Waals surface area contributed by atoms with Crippen LogP contribution in [0.4, 0.5) is 0 Å². The Morgan fingerprint density at radius 3 is 2.95 bits per heavy atom. The minimum absolute atomic E-state index is 0.265. The molecular weight excluding hydrogens is 252 g/mol. The molecule has 1 aromatic rings. The molecule has 114 valence electrons. The molecule has 2 rings (SSSR count). The minimum Gasteiger partial charge on any atom is -0.335 e.